The van der Waals surface area contributed by atoms with Crippen molar-refractivity contribution in [2.45, 2.75) is 106 Å². The largest absolute Gasteiger partial charge is 0.508 e. The highest BCUT2D eigenvalue weighted by molar-refractivity contribution is 6.43. The third kappa shape index (κ3) is 7.73. The van der Waals surface area contributed by atoms with E-state index in [1.165, 1.54) is 24.3 Å². The molecule has 0 unspecified atom stereocenters. The van der Waals surface area contributed by atoms with Crippen LogP contribution < -0.4 is 9.64 Å². The van der Waals surface area contributed by atoms with E-state index in [2.05, 4.69) is 9.98 Å². The number of hydrogen-bond donors (Lipinski definition) is 8. The molecule has 7 atom stereocenters. The molecule has 1 aliphatic carbocycles. The molecule has 7 rings (SSSR count). The van der Waals surface area contributed by atoms with Crippen LogP contribution in [0.25, 0.3) is 6.08 Å². The predicted octanol–water partition coefficient (Wildman–Crippen LogP) is 3.29. The lowest BCUT2D eigenvalue weighted by atomic mass is 9.63. The van der Waals surface area contributed by atoms with Crippen LogP contribution in [0.2, 0.25) is 0 Å². The van der Waals surface area contributed by atoms with E-state index in [1.54, 1.807) is 12.1 Å². The number of carbonyl (C=O) groups is 2. The molecule has 58 heavy (non-hydrogen) atoms. The van der Waals surface area contributed by atoms with Gasteiger partial charge in [-0.05, 0) is 72.1 Å². The summed E-state index contributed by atoms with van der Waals surface area (Å²) in [6.07, 6.45) is 0.755. The predicted molar refractivity (Wildman–Crippen MR) is 212 cm³/mol. The van der Waals surface area contributed by atoms with Gasteiger partial charge in [0, 0.05) is 30.0 Å². The summed E-state index contributed by atoms with van der Waals surface area (Å²) in [6, 6.07) is 15.6. The Balaban J connectivity index is 1.28. The van der Waals surface area contributed by atoms with Gasteiger partial charge in [-0.25, -0.2) is 4.79 Å². The summed E-state index contributed by atoms with van der Waals surface area (Å²) in [5.41, 5.74) is 3.70. The maximum absolute atomic E-state index is 14.4. The Morgan fingerprint density at radius 2 is 1.67 bits per heavy atom. The van der Waals surface area contributed by atoms with Crippen LogP contribution in [0.3, 0.4) is 0 Å². The molecule has 308 valence electrons. The molecule has 0 aromatic heterocycles. The van der Waals surface area contributed by atoms with E-state index in [4.69, 9.17) is 9.47 Å². The molecule has 15 nitrogen and oxygen atoms in total. The van der Waals surface area contributed by atoms with Crippen LogP contribution in [0.15, 0.2) is 76.7 Å². The van der Waals surface area contributed by atoms with Gasteiger partial charge in [-0.2, -0.15) is 0 Å². The lowest BCUT2D eigenvalue weighted by Crippen LogP contribution is -2.67. The van der Waals surface area contributed by atoms with Crippen molar-refractivity contribution in [3.8, 4) is 17.2 Å². The highest BCUT2D eigenvalue weighted by atomic mass is 16.8. The molecule has 1 saturated carbocycles. The number of amides is 1. The van der Waals surface area contributed by atoms with E-state index in [0.717, 1.165) is 60.1 Å². The Morgan fingerprint density at radius 1 is 0.948 bits per heavy atom. The van der Waals surface area contributed by atoms with Crippen molar-refractivity contribution in [3.63, 3.8) is 0 Å². The molecular formula is C43H49N3O12. The third-order valence-electron chi connectivity index (χ3n) is 12.0. The molecule has 15 heteroatoms. The number of carbonyl (C=O) groups excluding carboxylic acids is 1. The number of benzene rings is 3. The van der Waals surface area contributed by atoms with Crippen LogP contribution in [0, 0.1) is 0 Å². The molecule has 0 radical (unpaired) electrons. The molecule has 8 N–H and O–H groups in total. The second-order valence-corrected chi connectivity index (χ2v) is 15.5. The van der Waals surface area contributed by atoms with Gasteiger partial charge >= 0.3 is 11.9 Å². The second kappa shape index (κ2) is 16.6. The van der Waals surface area contributed by atoms with Crippen molar-refractivity contribution in [2.24, 2.45) is 9.98 Å². The van der Waals surface area contributed by atoms with Gasteiger partial charge in [-0.15, -0.1) is 0 Å². The number of rotatable bonds is 12. The standard InChI is InChI=1S/C43H49N3O12/c1-2-29-30(45-23-44-29)18-25-17-24(11-13-32(25)48)12-14-36(50)46-31-20-34(57-43(56)40(53)39(52)38(51)35(22-47)58-43)33(49)19-27(31)28(37(46)41(54)55)21-42(15-7-4-8-16-42)26-9-5-3-6-10-26/h3,5-6,9-14,17,19-20,28,35,37-40,47-49,51-53,56H,2,4,7-8,15-16,18,21-23H2,1H3,(H,54,55)/t28-,35-,37-,38-,39+,40-,43-/m1/s1. The Hall–Kier alpha value is -5.16. The van der Waals surface area contributed by atoms with Crippen LogP contribution in [-0.4, -0.2) is 114 Å². The molecule has 2 fully saturated rings. The van der Waals surface area contributed by atoms with Gasteiger partial charge in [0.1, 0.15) is 36.8 Å². The number of hydrogen-bond acceptors (Lipinski definition) is 13. The van der Waals surface area contributed by atoms with E-state index >= 15 is 0 Å². The summed E-state index contributed by atoms with van der Waals surface area (Å²) in [7, 11) is 0. The summed E-state index contributed by atoms with van der Waals surface area (Å²) >= 11 is 0. The van der Waals surface area contributed by atoms with Gasteiger partial charge in [0.25, 0.3) is 5.91 Å². The molecule has 3 heterocycles. The highest BCUT2D eigenvalue weighted by Gasteiger charge is 2.56. The van der Waals surface area contributed by atoms with Gasteiger partial charge in [0.05, 0.1) is 23.7 Å². The zero-order valence-electron chi connectivity index (χ0n) is 32.0. The number of ether oxygens (including phenoxy) is 2. The molecule has 1 amide bonds. The fraction of sp³-hybridized carbons (Fsp3) is 0.442. The minimum absolute atomic E-state index is 0.0410. The topological polar surface area (TPSA) is 242 Å². The minimum atomic E-state index is -3.10. The SMILES string of the molecule is CCC1=NCN=C1Cc1cc(C=CC(=O)N2c3cc(O[C@@]4(O)O[C@H](CO)[C@@H](O)[C@H](O)[C@H]4O)c(O)cc3[C@@H](CC3(c4ccccc4)CCCCC3)[C@@H]2C(=O)O)ccc1O. The lowest BCUT2D eigenvalue weighted by Gasteiger charge is -2.44. The van der Waals surface area contributed by atoms with E-state index < -0.39 is 77.7 Å². The maximum Gasteiger partial charge on any atom is 0.355 e. The number of nitrogens with zero attached hydrogens (tertiary/aromatic N) is 3. The van der Waals surface area contributed by atoms with Gasteiger partial charge in [0.2, 0.25) is 0 Å². The maximum atomic E-state index is 14.4. The fourth-order valence-corrected chi connectivity index (χ4v) is 8.98. The smallest absolute Gasteiger partial charge is 0.355 e. The quantitative estimate of drug-likeness (QED) is 0.0973. The summed E-state index contributed by atoms with van der Waals surface area (Å²) in [6.45, 7) is 1.42. The van der Waals surface area contributed by atoms with Crippen LogP contribution in [0.4, 0.5) is 5.69 Å². The molecule has 3 aromatic rings. The number of carboxylic acids is 1. The molecule has 3 aromatic carbocycles. The molecular weight excluding hydrogens is 750 g/mol. The van der Waals surface area contributed by atoms with E-state index in [1.807, 2.05) is 37.3 Å². The lowest BCUT2D eigenvalue weighted by molar-refractivity contribution is -0.422. The van der Waals surface area contributed by atoms with Gasteiger partial charge in [-0.3, -0.25) is 19.7 Å². The number of fused-ring (bicyclic) bond motifs is 1. The van der Waals surface area contributed by atoms with Crippen LogP contribution in [0.1, 0.15) is 80.0 Å². The fourth-order valence-electron chi connectivity index (χ4n) is 8.98. The number of aliphatic hydroxyl groups excluding tert-OH is 4. The number of aromatic hydroxyl groups is 2. The van der Waals surface area contributed by atoms with Gasteiger partial charge < -0.3 is 50.3 Å². The van der Waals surface area contributed by atoms with Crippen molar-refractivity contribution in [1.29, 1.82) is 0 Å². The van der Waals surface area contributed by atoms with E-state index in [0.29, 0.717) is 42.6 Å². The monoisotopic (exact) mass is 799 g/mol. The summed E-state index contributed by atoms with van der Waals surface area (Å²) < 4.78 is 10.9. The number of carboxylic acid groups (broad SMARTS) is 1. The van der Waals surface area contributed by atoms with Gasteiger partial charge in [-0.1, -0.05) is 62.6 Å². The zero-order chi connectivity index (χ0) is 41.4. The zero-order valence-corrected chi connectivity index (χ0v) is 32.0. The first-order chi connectivity index (χ1) is 27.8. The first-order valence-corrected chi connectivity index (χ1v) is 19.6. The number of anilines is 1. The highest BCUT2D eigenvalue weighted by Crippen LogP contribution is 2.54. The molecule has 0 spiro atoms. The number of phenols is 2. The van der Waals surface area contributed by atoms with Gasteiger partial charge in [0.15, 0.2) is 17.6 Å². The minimum Gasteiger partial charge on any atom is -0.508 e. The average Bonchev–Trinajstić information content (AvgIpc) is 3.80. The average molecular weight is 800 g/mol. The van der Waals surface area contributed by atoms with E-state index in [9.17, 15) is 50.4 Å². The van der Waals surface area contributed by atoms with Crippen molar-refractivity contribution in [1.82, 2.24) is 0 Å². The van der Waals surface area contributed by atoms with Crippen molar-refractivity contribution in [3.05, 3.63) is 89.0 Å². The number of aliphatic imine (C=N–C) groups is 2. The number of phenolic OH excluding ortho intramolecular Hbond substituents is 2. The molecule has 3 aliphatic heterocycles. The van der Waals surface area contributed by atoms with Crippen molar-refractivity contribution in [2.75, 3.05) is 18.2 Å². The van der Waals surface area contributed by atoms with Crippen LogP contribution in [-0.2, 0) is 26.2 Å². The second-order valence-electron chi connectivity index (χ2n) is 15.5. The van der Waals surface area contributed by atoms with Crippen LogP contribution in [0.5, 0.6) is 17.2 Å². The van der Waals surface area contributed by atoms with Crippen molar-refractivity contribution < 1.29 is 59.9 Å². The normalized spacial score (nSPS) is 27.9. The number of aliphatic carboxylic acids is 1. The first kappa shape index (κ1) is 41.0. The first-order valence-electron chi connectivity index (χ1n) is 19.6. The summed E-state index contributed by atoms with van der Waals surface area (Å²) in [5.74, 6) is -7.06. The Kier molecular flexibility index (Phi) is 11.7. The van der Waals surface area contributed by atoms with E-state index in [-0.39, 0.29) is 11.4 Å². The Bertz CT molecular complexity index is 2110. The van der Waals surface area contributed by atoms with Crippen molar-refractivity contribution >= 4 is 35.1 Å². The van der Waals surface area contributed by atoms with Crippen LogP contribution >= 0.6 is 0 Å². The Labute approximate surface area is 334 Å². The molecule has 1 saturated heterocycles. The number of aliphatic hydroxyl groups is 5. The summed E-state index contributed by atoms with van der Waals surface area (Å²) in [5, 5.41) is 85.4. The summed E-state index contributed by atoms with van der Waals surface area (Å²) in [4.78, 5) is 37.8. The third-order valence-corrected chi connectivity index (χ3v) is 12.0. The molecule has 4 aliphatic rings. The molecule has 0 bridgehead atoms. The Morgan fingerprint density at radius 3 is 2.36 bits per heavy atom.